The number of amides is 1. The Morgan fingerprint density at radius 2 is 2.04 bits per heavy atom. The maximum absolute atomic E-state index is 13.2. The van der Waals surface area contributed by atoms with Crippen molar-refractivity contribution in [2.24, 2.45) is 5.92 Å². The van der Waals surface area contributed by atoms with E-state index >= 15 is 0 Å². The van der Waals surface area contributed by atoms with Crippen molar-refractivity contribution >= 4 is 5.91 Å². The van der Waals surface area contributed by atoms with Crippen molar-refractivity contribution < 1.29 is 23.4 Å². The van der Waals surface area contributed by atoms with Crippen LogP contribution in [0.4, 0.5) is 8.78 Å². The molecule has 0 aromatic heterocycles. The van der Waals surface area contributed by atoms with E-state index in [0.717, 1.165) is 17.7 Å². The molecule has 1 aliphatic carbocycles. The Kier molecular flexibility index (Phi) is 5.24. The molecule has 0 radical (unpaired) electrons. The molecule has 1 aliphatic heterocycles. The van der Waals surface area contributed by atoms with Gasteiger partial charge in [0.1, 0.15) is 12.4 Å². The second-order valence-electron chi connectivity index (χ2n) is 6.84. The second kappa shape index (κ2) is 7.25. The number of ether oxygens (including phenoxy) is 1. The molecule has 1 aromatic rings. The van der Waals surface area contributed by atoms with Crippen LogP contribution in [0.1, 0.15) is 17.9 Å². The summed E-state index contributed by atoms with van der Waals surface area (Å²) < 4.78 is 31.7. The smallest absolute Gasteiger partial charge is 0.283 e. The minimum absolute atomic E-state index is 0.0162. The first-order chi connectivity index (χ1) is 11.9. The van der Waals surface area contributed by atoms with Gasteiger partial charge in [0.2, 0.25) is 5.91 Å². The summed E-state index contributed by atoms with van der Waals surface area (Å²) in [6, 6.07) is 7.78. The Bertz CT molecular complexity index is 618. The second-order valence-corrected chi connectivity index (χ2v) is 6.84. The van der Waals surface area contributed by atoms with Crippen molar-refractivity contribution in [3.8, 4) is 5.75 Å². The normalized spacial score (nSPS) is 24.2. The van der Waals surface area contributed by atoms with Crippen molar-refractivity contribution in [3.63, 3.8) is 0 Å². The number of carbonyl (C=O) groups excluding carboxylic acids is 1. The van der Waals surface area contributed by atoms with Gasteiger partial charge in [-0.25, -0.2) is 8.78 Å². The first kappa shape index (κ1) is 18.1. The van der Waals surface area contributed by atoms with E-state index in [4.69, 9.17) is 9.84 Å². The third-order valence-corrected chi connectivity index (χ3v) is 5.00. The maximum Gasteiger partial charge on any atom is 0.283 e. The van der Waals surface area contributed by atoms with Crippen molar-refractivity contribution in [2.45, 2.75) is 18.3 Å². The number of aliphatic hydroxyl groups excluding tert-OH is 1. The molecule has 25 heavy (non-hydrogen) atoms. The van der Waals surface area contributed by atoms with Crippen molar-refractivity contribution in [1.82, 2.24) is 9.80 Å². The Balaban J connectivity index is 1.51. The molecule has 1 amide bonds. The number of benzene rings is 1. The van der Waals surface area contributed by atoms with Crippen LogP contribution in [0.3, 0.4) is 0 Å². The lowest BCUT2D eigenvalue weighted by Crippen LogP contribution is -2.52. The van der Waals surface area contributed by atoms with Crippen molar-refractivity contribution in [2.75, 3.05) is 46.4 Å². The molecule has 5 nitrogen and oxygen atoms in total. The summed E-state index contributed by atoms with van der Waals surface area (Å²) >= 11 is 0. The molecule has 3 rings (SSSR count). The van der Waals surface area contributed by atoms with Gasteiger partial charge in [0, 0.05) is 32.1 Å². The van der Waals surface area contributed by atoms with Gasteiger partial charge in [0.25, 0.3) is 5.92 Å². The highest BCUT2D eigenvalue weighted by atomic mass is 19.3. The molecule has 2 aliphatic rings. The number of nitrogens with zero attached hydrogens (tertiary/aromatic N) is 2. The molecule has 1 N–H and O–H groups in total. The molecule has 1 saturated heterocycles. The Morgan fingerprint density at radius 1 is 1.32 bits per heavy atom. The van der Waals surface area contributed by atoms with Crippen LogP contribution in [-0.2, 0) is 4.79 Å². The van der Waals surface area contributed by atoms with Crippen LogP contribution >= 0.6 is 0 Å². The predicted molar refractivity (Wildman–Crippen MR) is 88.9 cm³/mol. The average Bonchev–Trinajstić information content (AvgIpc) is 3.42. The SMILES string of the molecule is COc1cccc([C@@H]2C[C@H]2C(=O)N2CCN(CC(F)(F)CO)CC2)c1. The van der Waals surface area contributed by atoms with Crippen LogP contribution in [0, 0.1) is 5.92 Å². The van der Waals surface area contributed by atoms with E-state index in [9.17, 15) is 13.6 Å². The molecule has 1 saturated carbocycles. The number of aliphatic hydroxyl groups is 1. The van der Waals surface area contributed by atoms with Gasteiger partial charge in [-0.05, 0) is 30.0 Å². The fraction of sp³-hybridized carbons (Fsp3) is 0.611. The van der Waals surface area contributed by atoms with Gasteiger partial charge >= 0.3 is 0 Å². The van der Waals surface area contributed by atoms with Gasteiger partial charge in [-0.15, -0.1) is 0 Å². The Hall–Kier alpha value is -1.73. The molecule has 2 atom stereocenters. The third kappa shape index (κ3) is 4.27. The number of hydrogen-bond acceptors (Lipinski definition) is 4. The van der Waals surface area contributed by atoms with Gasteiger partial charge in [0.05, 0.1) is 13.7 Å². The summed E-state index contributed by atoms with van der Waals surface area (Å²) in [6.45, 7) is 0.150. The topological polar surface area (TPSA) is 53.0 Å². The highest BCUT2D eigenvalue weighted by Crippen LogP contribution is 2.49. The molecule has 0 spiro atoms. The zero-order valence-corrected chi connectivity index (χ0v) is 14.3. The molecular formula is C18H24F2N2O3. The third-order valence-electron chi connectivity index (χ3n) is 5.00. The largest absolute Gasteiger partial charge is 0.497 e. The lowest BCUT2D eigenvalue weighted by atomic mass is 10.1. The van der Waals surface area contributed by atoms with Crippen LogP contribution < -0.4 is 4.74 Å². The molecule has 138 valence electrons. The van der Waals surface area contributed by atoms with E-state index in [1.807, 2.05) is 24.3 Å². The Labute approximate surface area is 146 Å². The molecule has 7 heteroatoms. The summed E-state index contributed by atoms with van der Waals surface area (Å²) in [5, 5.41) is 8.67. The first-order valence-electron chi connectivity index (χ1n) is 8.57. The highest BCUT2D eigenvalue weighted by molar-refractivity contribution is 5.83. The van der Waals surface area contributed by atoms with Crippen molar-refractivity contribution in [3.05, 3.63) is 29.8 Å². The molecule has 0 bridgehead atoms. The van der Waals surface area contributed by atoms with Crippen LogP contribution in [0.25, 0.3) is 0 Å². The number of methoxy groups -OCH3 is 1. The molecule has 2 fully saturated rings. The zero-order valence-electron chi connectivity index (χ0n) is 14.3. The number of carbonyl (C=O) groups is 1. The molecule has 0 unspecified atom stereocenters. The van der Waals surface area contributed by atoms with Crippen LogP contribution in [0.2, 0.25) is 0 Å². The number of piperazine rings is 1. The minimum atomic E-state index is -3.08. The zero-order chi connectivity index (χ0) is 18.0. The Morgan fingerprint density at radius 3 is 2.68 bits per heavy atom. The number of halogens is 2. The predicted octanol–water partition coefficient (Wildman–Crippen LogP) is 1.57. The van der Waals surface area contributed by atoms with E-state index in [0.29, 0.717) is 26.2 Å². The maximum atomic E-state index is 13.2. The van der Waals surface area contributed by atoms with Gasteiger partial charge in [-0.1, -0.05) is 12.1 Å². The quantitative estimate of drug-likeness (QED) is 0.843. The fourth-order valence-electron chi connectivity index (χ4n) is 3.45. The number of alkyl halides is 2. The summed E-state index contributed by atoms with van der Waals surface area (Å²) in [4.78, 5) is 16.0. The van der Waals surface area contributed by atoms with E-state index < -0.39 is 19.1 Å². The van der Waals surface area contributed by atoms with Gasteiger partial charge in [0.15, 0.2) is 0 Å². The van der Waals surface area contributed by atoms with E-state index in [1.165, 1.54) is 0 Å². The van der Waals surface area contributed by atoms with Gasteiger partial charge in [-0.3, -0.25) is 9.69 Å². The molecule has 1 aromatic carbocycles. The average molecular weight is 354 g/mol. The summed E-state index contributed by atoms with van der Waals surface area (Å²) in [7, 11) is 1.62. The number of hydrogen-bond donors (Lipinski definition) is 1. The van der Waals surface area contributed by atoms with Gasteiger partial charge < -0.3 is 14.7 Å². The lowest BCUT2D eigenvalue weighted by molar-refractivity contribution is -0.135. The van der Waals surface area contributed by atoms with Crippen LogP contribution in [-0.4, -0.2) is 73.2 Å². The summed E-state index contributed by atoms with van der Waals surface area (Å²) in [5.41, 5.74) is 1.11. The van der Waals surface area contributed by atoms with E-state index in [1.54, 1.807) is 16.9 Å². The molecular weight excluding hydrogens is 330 g/mol. The molecule has 1 heterocycles. The fourth-order valence-corrected chi connectivity index (χ4v) is 3.45. The first-order valence-corrected chi connectivity index (χ1v) is 8.57. The highest BCUT2D eigenvalue weighted by Gasteiger charge is 2.46. The summed E-state index contributed by atoms with van der Waals surface area (Å²) in [5.74, 6) is -1.98. The van der Waals surface area contributed by atoms with Crippen LogP contribution in [0.15, 0.2) is 24.3 Å². The monoisotopic (exact) mass is 354 g/mol. The van der Waals surface area contributed by atoms with E-state index in [-0.39, 0.29) is 17.7 Å². The summed E-state index contributed by atoms with van der Waals surface area (Å²) in [6.07, 6.45) is 0.828. The lowest BCUT2D eigenvalue weighted by Gasteiger charge is -2.36. The number of rotatable bonds is 6. The standard InChI is InChI=1S/C18H24F2N2O3/c1-25-14-4-2-3-13(9-14)15-10-16(15)17(24)22-7-5-21(6-8-22)11-18(19,20)12-23/h2-4,9,15-16,23H,5-8,10-12H2,1H3/t15-,16+/m0/s1. The minimum Gasteiger partial charge on any atom is -0.497 e. The van der Waals surface area contributed by atoms with E-state index in [2.05, 4.69) is 0 Å². The van der Waals surface area contributed by atoms with Crippen molar-refractivity contribution in [1.29, 1.82) is 0 Å². The van der Waals surface area contributed by atoms with Gasteiger partial charge in [-0.2, -0.15) is 0 Å². The van der Waals surface area contributed by atoms with Crippen LogP contribution in [0.5, 0.6) is 5.75 Å².